The predicted molar refractivity (Wildman–Crippen MR) is 67.2 cm³/mol. The minimum atomic E-state index is 0.0693. The van der Waals surface area contributed by atoms with Gasteiger partial charge in [0.1, 0.15) is 0 Å². The lowest BCUT2D eigenvalue weighted by Crippen LogP contribution is -2.35. The zero-order chi connectivity index (χ0) is 12.5. The molecule has 3 heterocycles. The highest BCUT2D eigenvalue weighted by Crippen LogP contribution is 2.24. The van der Waals surface area contributed by atoms with Crippen molar-refractivity contribution in [1.82, 2.24) is 10.1 Å². The third kappa shape index (κ3) is 1.83. The lowest BCUT2D eigenvalue weighted by atomic mass is 10.1. The second-order valence-corrected chi connectivity index (χ2v) is 5.14. The van der Waals surface area contributed by atoms with Gasteiger partial charge in [0.25, 0.3) is 5.91 Å². The zero-order valence-electron chi connectivity index (χ0n) is 9.76. The lowest BCUT2D eigenvalue weighted by molar-refractivity contribution is 0.0739. The molecule has 1 amide bonds. The average Bonchev–Trinajstić information content (AvgIpc) is 3.06. The summed E-state index contributed by atoms with van der Waals surface area (Å²) >= 11 is 1.46. The topological polar surface area (TPSA) is 72.4 Å². The Kier molecular flexibility index (Phi) is 2.89. The largest absolute Gasteiger partial charge is 0.359 e. The van der Waals surface area contributed by atoms with E-state index in [1.54, 1.807) is 0 Å². The van der Waals surface area contributed by atoms with Crippen LogP contribution >= 0.6 is 11.3 Å². The maximum Gasteiger partial charge on any atom is 0.264 e. The van der Waals surface area contributed by atoms with Gasteiger partial charge in [-0.05, 0) is 11.4 Å². The molecule has 0 spiro atoms. The Labute approximate surface area is 108 Å². The van der Waals surface area contributed by atoms with Crippen molar-refractivity contribution in [3.63, 3.8) is 0 Å². The first-order valence-electron chi connectivity index (χ1n) is 5.78. The van der Waals surface area contributed by atoms with E-state index in [1.165, 1.54) is 11.3 Å². The van der Waals surface area contributed by atoms with Crippen molar-refractivity contribution in [3.8, 4) is 0 Å². The summed E-state index contributed by atoms with van der Waals surface area (Å²) in [7, 11) is 0. The van der Waals surface area contributed by atoms with Crippen molar-refractivity contribution in [2.45, 2.75) is 19.5 Å². The van der Waals surface area contributed by atoms with Crippen LogP contribution in [-0.2, 0) is 19.5 Å². The van der Waals surface area contributed by atoms with Crippen LogP contribution < -0.4 is 5.73 Å². The Morgan fingerprint density at radius 1 is 1.61 bits per heavy atom. The van der Waals surface area contributed by atoms with Gasteiger partial charge in [0, 0.05) is 18.5 Å². The number of rotatable bonds is 2. The molecule has 5 nitrogen and oxygen atoms in total. The fraction of sp³-hybridized carbons (Fsp3) is 0.333. The van der Waals surface area contributed by atoms with Gasteiger partial charge in [-0.3, -0.25) is 4.79 Å². The molecule has 94 valence electrons. The minimum Gasteiger partial charge on any atom is -0.359 e. The molecule has 0 atom stereocenters. The van der Waals surface area contributed by atoms with Crippen molar-refractivity contribution in [1.29, 1.82) is 0 Å². The van der Waals surface area contributed by atoms with Gasteiger partial charge in [-0.15, -0.1) is 11.3 Å². The van der Waals surface area contributed by atoms with Crippen molar-refractivity contribution in [3.05, 3.63) is 39.4 Å². The molecule has 0 unspecified atom stereocenters. The van der Waals surface area contributed by atoms with E-state index in [1.807, 2.05) is 22.4 Å². The normalized spacial score (nSPS) is 14.6. The second-order valence-electron chi connectivity index (χ2n) is 4.19. The molecule has 3 rings (SSSR count). The van der Waals surface area contributed by atoms with Gasteiger partial charge in [-0.1, -0.05) is 11.2 Å². The molecule has 0 aromatic carbocycles. The van der Waals surface area contributed by atoms with E-state index in [2.05, 4.69) is 5.16 Å². The molecule has 0 aliphatic carbocycles. The molecule has 2 aromatic heterocycles. The van der Waals surface area contributed by atoms with Crippen molar-refractivity contribution < 1.29 is 9.32 Å². The molecule has 1 aliphatic heterocycles. The lowest BCUT2D eigenvalue weighted by Gasteiger charge is -2.25. The number of carbonyl (C=O) groups is 1. The number of carbonyl (C=O) groups excluding carboxylic acids is 1. The van der Waals surface area contributed by atoms with Crippen molar-refractivity contribution in [2.75, 3.05) is 6.54 Å². The molecular weight excluding hydrogens is 250 g/mol. The maximum atomic E-state index is 12.2. The Morgan fingerprint density at radius 2 is 2.50 bits per heavy atom. The highest BCUT2D eigenvalue weighted by atomic mass is 32.1. The highest BCUT2D eigenvalue weighted by molar-refractivity contribution is 7.12. The SMILES string of the molecule is NCc1onc2c1CN(C(=O)c1cccs1)CC2. The predicted octanol–water partition coefficient (Wildman–Crippen LogP) is 1.39. The van der Waals surface area contributed by atoms with Crippen molar-refractivity contribution in [2.24, 2.45) is 5.73 Å². The van der Waals surface area contributed by atoms with Crippen LogP contribution in [0, 0.1) is 0 Å². The van der Waals surface area contributed by atoms with Crippen LogP contribution in [0.15, 0.2) is 22.0 Å². The molecule has 0 bridgehead atoms. The highest BCUT2D eigenvalue weighted by Gasteiger charge is 2.27. The van der Waals surface area contributed by atoms with Gasteiger partial charge in [0.05, 0.1) is 23.7 Å². The Morgan fingerprint density at radius 3 is 3.22 bits per heavy atom. The Hall–Kier alpha value is -1.66. The molecule has 2 aromatic rings. The van der Waals surface area contributed by atoms with E-state index in [0.717, 1.165) is 22.6 Å². The van der Waals surface area contributed by atoms with E-state index in [9.17, 15) is 4.79 Å². The average molecular weight is 263 g/mol. The smallest absolute Gasteiger partial charge is 0.264 e. The summed E-state index contributed by atoms with van der Waals surface area (Å²) in [6.07, 6.45) is 0.732. The molecule has 0 saturated heterocycles. The maximum absolute atomic E-state index is 12.2. The number of amides is 1. The van der Waals surface area contributed by atoms with Gasteiger partial charge in [-0.25, -0.2) is 0 Å². The van der Waals surface area contributed by atoms with Gasteiger partial charge in [0.2, 0.25) is 0 Å². The van der Waals surface area contributed by atoms with Crippen molar-refractivity contribution >= 4 is 17.2 Å². The molecule has 0 fully saturated rings. The summed E-state index contributed by atoms with van der Waals surface area (Å²) < 4.78 is 5.18. The van der Waals surface area contributed by atoms with Crippen LogP contribution in [0.2, 0.25) is 0 Å². The number of nitrogens with zero attached hydrogens (tertiary/aromatic N) is 2. The molecule has 6 heteroatoms. The fourth-order valence-electron chi connectivity index (χ4n) is 2.16. The summed E-state index contributed by atoms with van der Waals surface area (Å²) in [6, 6.07) is 3.73. The zero-order valence-corrected chi connectivity index (χ0v) is 10.6. The van der Waals surface area contributed by atoms with E-state index in [-0.39, 0.29) is 5.91 Å². The Bertz CT molecular complexity index is 548. The van der Waals surface area contributed by atoms with E-state index in [4.69, 9.17) is 10.3 Å². The van der Waals surface area contributed by atoms with Gasteiger partial charge in [-0.2, -0.15) is 0 Å². The number of aromatic nitrogens is 1. The molecule has 0 saturated carbocycles. The minimum absolute atomic E-state index is 0.0693. The first kappa shape index (κ1) is 11.4. The van der Waals surface area contributed by atoms with Crippen LogP contribution in [-0.4, -0.2) is 22.5 Å². The third-order valence-electron chi connectivity index (χ3n) is 3.12. The monoisotopic (exact) mass is 263 g/mol. The number of fused-ring (bicyclic) bond motifs is 1. The van der Waals surface area contributed by atoms with Crippen LogP contribution in [0.4, 0.5) is 0 Å². The van der Waals surface area contributed by atoms with Crippen LogP contribution in [0.1, 0.15) is 26.7 Å². The molecule has 1 aliphatic rings. The van der Waals surface area contributed by atoms with Gasteiger partial charge < -0.3 is 15.2 Å². The van der Waals surface area contributed by atoms with Gasteiger partial charge >= 0.3 is 0 Å². The summed E-state index contributed by atoms with van der Waals surface area (Å²) in [5, 5.41) is 5.90. The number of hydrogen-bond donors (Lipinski definition) is 1. The quantitative estimate of drug-likeness (QED) is 0.888. The van der Waals surface area contributed by atoms with Crippen LogP contribution in [0.3, 0.4) is 0 Å². The molecule has 18 heavy (non-hydrogen) atoms. The standard InChI is InChI=1S/C12H13N3O2S/c13-6-10-8-7-15(4-3-9(8)14-17-10)12(16)11-2-1-5-18-11/h1-2,5H,3-4,6-7,13H2. The fourth-order valence-corrected chi connectivity index (χ4v) is 2.85. The van der Waals surface area contributed by atoms with E-state index in [0.29, 0.717) is 25.4 Å². The molecule has 2 N–H and O–H groups in total. The summed E-state index contributed by atoms with van der Waals surface area (Å²) in [5.74, 6) is 0.758. The first-order chi connectivity index (χ1) is 8.79. The van der Waals surface area contributed by atoms with E-state index >= 15 is 0 Å². The molecule has 0 radical (unpaired) electrons. The molecular formula is C12H13N3O2S. The number of thiophene rings is 1. The van der Waals surface area contributed by atoms with Crippen LogP contribution in [0.5, 0.6) is 0 Å². The summed E-state index contributed by atoms with van der Waals surface area (Å²) in [4.78, 5) is 14.8. The second kappa shape index (κ2) is 4.55. The number of nitrogens with two attached hydrogens (primary N) is 1. The summed E-state index contributed by atoms with van der Waals surface area (Å²) in [6.45, 7) is 1.55. The summed E-state index contributed by atoms with van der Waals surface area (Å²) in [5.41, 5.74) is 7.52. The van der Waals surface area contributed by atoms with E-state index < -0.39 is 0 Å². The van der Waals surface area contributed by atoms with Crippen LogP contribution in [0.25, 0.3) is 0 Å². The third-order valence-corrected chi connectivity index (χ3v) is 3.98. The number of hydrogen-bond acceptors (Lipinski definition) is 5. The Balaban J connectivity index is 1.84. The van der Waals surface area contributed by atoms with Gasteiger partial charge in [0.15, 0.2) is 5.76 Å². The first-order valence-corrected chi connectivity index (χ1v) is 6.66.